The molecule has 8 amide bonds. The molecule has 0 N–H and O–H groups in total. The van der Waals surface area contributed by atoms with Crippen LogP contribution in [0.3, 0.4) is 0 Å². The van der Waals surface area contributed by atoms with Crippen LogP contribution in [0.1, 0.15) is 68.2 Å². The normalized spacial score (nSPS) is 16.1. The third-order valence-electron chi connectivity index (χ3n) is 17.8. The van der Waals surface area contributed by atoms with Gasteiger partial charge in [-0.15, -0.1) is 0 Å². The van der Waals surface area contributed by atoms with Gasteiger partial charge >= 0.3 is 96.5 Å². The molecule has 4 atom stereocenters. The SMILES string of the molecule is C=C(C)C(=O)OC(C)COC(=O)N1CCOCC1.C=C(C)C(=O)OC(C)COC(=O)N1CCOCC1.C=C(C)C(=O)OCCCOC(=O)N1CCOCC1.C=C(C)C(=O)OCCOC(=O)N1CCOCC1.C=CC(=O)OC(C)COC(=O)N1CCOCC1.C=CC(=O)OC(C)COC(=O)N1CCOCC1.C=CC(=O)OCCCOC(=O)N1CCOCC1.C=CC(=O)OCCOC(=O)N1CCOCC1. The molecule has 8 aliphatic heterocycles. The first-order valence-corrected chi connectivity index (χ1v) is 44.6. The van der Waals surface area contributed by atoms with E-state index in [1.807, 2.05) is 0 Å². The lowest BCUT2D eigenvalue weighted by atomic mass is 10.3. The van der Waals surface area contributed by atoms with Crippen LogP contribution in [0.4, 0.5) is 38.4 Å². The quantitative estimate of drug-likeness (QED) is 0.0338. The summed E-state index contributed by atoms with van der Waals surface area (Å²) in [5.74, 6) is -3.91. The molecule has 0 aromatic heterocycles. The number of ether oxygens (including phenoxy) is 24. The van der Waals surface area contributed by atoms with Gasteiger partial charge < -0.3 is 153 Å². The lowest BCUT2D eigenvalue weighted by Crippen LogP contribution is -2.41. The first-order chi connectivity index (χ1) is 66.0. The molecule has 8 saturated heterocycles. The first kappa shape index (κ1) is 124. The Labute approximate surface area is 804 Å². The van der Waals surface area contributed by atoms with E-state index in [0.29, 0.717) is 246 Å². The number of morpholine rings is 8. The summed E-state index contributed by atoms with van der Waals surface area (Å²) in [6, 6.07) is 0. The number of rotatable bonds is 34. The highest BCUT2D eigenvalue weighted by atomic mass is 16.6. The minimum atomic E-state index is -0.528. The highest BCUT2D eigenvalue weighted by Crippen LogP contribution is 2.12. The summed E-state index contributed by atoms with van der Waals surface area (Å²) in [6.07, 6.45) is 0.201. The molecule has 0 saturated carbocycles. The minimum absolute atomic E-state index is 0.0369. The molecular weight excluding hydrogens is 1830 g/mol. The average molecular weight is 1970 g/mol. The summed E-state index contributed by atoms with van der Waals surface area (Å²) in [7, 11) is 0. The maximum Gasteiger partial charge on any atom is 0.410 e. The van der Waals surface area contributed by atoms with Crippen LogP contribution in [0.15, 0.2) is 99.2 Å². The van der Waals surface area contributed by atoms with Crippen molar-refractivity contribution in [3.05, 3.63) is 99.2 Å². The third kappa shape index (κ3) is 61.6. The molecule has 138 heavy (non-hydrogen) atoms. The van der Waals surface area contributed by atoms with Crippen LogP contribution in [0, 0.1) is 0 Å². The average Bonchev–Trinajstić information content (AvgIpc) is 0.803. The number of hydrogen-bond donors (Lipinski definition) is 0. The summed E-state index contributed by atoms with van der Waals surface area (Å²) in [5.41, 5.74) is 1.33. The van der Waals surface area contributed by atoms with E-state index in [9.17, 15) is 76.7 Å². The first-order valence-electron chi connectivity index (χ1n) is 44.6. The summed E-state index contributed by atoms with van der Waals surface area (Å²) >= 11 is 0. The molecule has 0 spiro atoms. The predicted molar refractivity (Wildman–Crippen MR) is 485 cm³/mol. The number of nitrogens with zero attached hydrogens (tertiary/aromatic N) is 8. The molecule has 8 rings (SSSR count). The second kappa shape index (κ2) is 76.6. The molecule has 0 radical (unpaired) electrons. The van der Waals surface area contributed by atoms with Crippen LogP contribution in [-0.2, 0) is 152 Å². The lowest BCUT2D eigenvalue weighted by molar-refractivity contribution is -0.146. The molecule has 8 aliphatic rings. The van der Waals surface area contributed by atoms with Crippen LogP contribution in [0.25, 0.3) is 0 Å². The van der Waals surface area contributed by atoms with Crippen molar-refractivity contribution in [1.29, 1.82) is 0 Å². The van der Waals surface area contributed by atoms with Crippen LogP contribution in [0.2, 0.25) is 0 Å². The van der Waals surface area contributed by atoms with Crippen LogP contribution in [0.5, 0.6) is 0 Å². The monoisotopic (exact) mass is 1970 g/mol. The van der Waals surface area contributed by atoms with Gasteiger partial charge in [0.05, 0.1) is 132 Å². The van der Waals surface area contributed by atoms with Crippen LogP contribution in [-0.4, -0.2) is 450 Å². The fourth-order valence-electron chi connectivity index (χ4n) is 10.3. The van der Waals surface area contributed by atoms with E-state index >= 15 is 0 Å². The van der Waals surface area contributed by atoms with Crippen LogP contribution < -0.4 is 0 Å². The lowest BCUT2D eigenvalue weighted by Gasteiger charge is -2.26. The molecule has 4 unspecified atom stereocenters. The number of carbonyl (C=O) groups excluding carboxylic acids is 16. The van der Waals surface area contributed by atoms with Gasteiger partial charge in [-0.1, -0.05) is 52.6 Å². The maximum atomic E-state index is 11.6. The van der Waals surface area contributed by atoms with Gasteiger partial charge in [-0.25, -0.2) is 76.7 Å². The van der Waals surface area contributed by atoms with Gasteiger partial charge in [0.2, 0.25) is 0 Å². The number of amides is 8. The second-order valence-electron chi connectivity index (χ2n) is 29.7. The van der Waals surface area contributed by atoms with Crippen molar-refractivity contribution in [1.82, 2.24) is 39.2 Å². The molecule has 48 nitrogen and oxygen atoms in total. The van der Waals surface area contributed by atoms with E-state index in [0.717, 1.165) is 24.3 Å². The molecular formula is C90H140N8O40. The Balaban J connectivity index is 0.000000789. The van der Waals surface area contributed by atoms with Gasteiger partial charge in [-0.3, -0.25) is 0 Å². The van der Waals surface area contributed by atoms with E-state index in [4.69, 9.17) is 109 Å². The fraction of sp³-hybridized carbons (Fsp3) is 0.644. The van der Waals surface area contributed by atoms with E-state index in [1.165, 1.54) is 0 Å². The molecule has 8 heterocycles. The Morgan fingerprint density at radius 2 is 0.384 bits per heavy atom. The van der Waals surface area contributed by atoms with Gasteiger partial charge in [0.1, 0.15) is 77.3 Å². The summed E-state index contributed by atoms with van der Waals surface area (Å²) in [6.45, 7) is 58.1. The minimum Gasteiger partial charge on any atom is -0.462 e. The molecule has 0 aliphatic carbocycles. The maximum absolute atomic E-state index is 11.6. The number of esters is 8. The Bertz CT molecular complexity index is 3660. The standard InChI is InChI=1S/3C12H19NO5.4C11H17NO5.C10H15NO5/c2*1-9(2)11(14)18-10(3)8-17-12(15)13-4-6-16-7-5-13;1-10(2)11(14)17-6-3-7-18-12(15)13-4-8-16-9-5-13;1-9(2)10(13)16-7-8-17-11(14)12-3-5-15-6-4-12;2*1-3-10(13)17-9(2)8-16-11(14)12-4-6-15-7-5-12;1-2-10(13)16-6-3-7-17-11(14)12-4-8-15-9-5-12;1-2-9(12)15-7-8-16-10(13)11-3-5-14-6-4-11/h2*10H,1,4-8H2,2-3H3;1,3-9H2,2H3;1,3-8H2,2H3;2*3,9H,1,4-8H2,2H3;2H,1,3-9H2;2H,1,3-8H2. The zero-order chi connectivity index (χ0) is 103. The van der Waals surface area contributed by atoms with Crippen molar-refractivity contribution in [3.63, 3.8) is 0 Å². The van der Waals surface area contributed by atoms with Gasteiger partial charge in [0.15, 0.2) is 0 Å². The highest BCUT2D eigenvalue weighted by molar-refractivity contribution is 5.89. The summed E-state index contributed by atoms with van der Waals surface area (Å²) < 4.78 is 120. The number of hydrogen-bond acceptors (Lipinski definition) is 40. The van der Waals surface area contributed by atoms with Crippen LogP contribution >= 0.6 is 0 Å². The molecule has 0 aromatic rings. The van der Waals surface area contributed by atoms with Gasteiger partial charge in [-0.2, -0.15) is 0 Å². The molecule has 48 heteroatoms. The second-order valence-corrected chi connectivity index (χ2v) is 29.7. The molecule has 0 aromatic carbocycles. The molecule has 780 valence electrons. The van der Waals surface area contributed by atoms with Gasteiger partial charge in [0.25, 0.3) is 0 Å². The van der Waals surface area contributed by atoms with Gasteiger partial charge in [0, 0.05) is 164 Å². The Morgan fingerprint density at radius 1 is 0.225 bits per heavy atom. The van der Waals surface area contributed by atoms with E-state index in [-0.39, 0.29) is 91.5 Å². The van der Waals surface area contributed by atoms with Crippen molar-refractivity contribution in [2.24, 2.45) is 0 Å². The molecule has 0 bridgehead atoms. The largest absolute Gasteiger partial charge is 0.462 e. The Hall–Kier alpha value is -12.5. The zero-order valence-electron chi connectivity index (χ0n) is 80.7. The van der Waals surface area contributed by atoms with Crippen molar-refractivity contribution in [2.75, 3.05) is 290 Å². The van der Waals surface area contributed by atoms with Gasteiger partial charge in [-0.05, 0) is 55.4 Å². The highest BCUT2D eigenvalue weighted by Gasteiger charge is 2.28. The van der Waals surface area contributed by atoms with E-state index in [1.54, 1.807) is 94.6 Å². The Morgan fingerprint density at radius 3 is 0.594 bits per heavy atom. The summed E-state index contributed by atoms with van der Waals surface area (Å²) in [4.78, 5) is 192. The fourth-order valence-corrected chi connectivity index (χ4v) is 10.3. The third-order valence-corrected chi connectivity index (χ3v) is 17.8. The Kier molecular flexibility index (Phi) is 68.5. The summed E-state index contributed by atoms with van der Waals surface area (Å²) in [5, 5.41) is 0. The van der Waals surface area contributed by atoms with Crippen molar-refractivity contribution in [2.45, 2.75) is 92.6 Å². The van der Waals surface area contributed by atoms with E-state index < -0.39 is 109 Å². The van der Waals surface area contributed by atoms with E-state index in [2.05, 4.69) is 57.4 Å². The molecule has 8 fully saturated rings. The smallest absolute Gasteiger partial charge is 0.410 e. The number of carbonyl (C=O) groups is 16. The predicted octanol–water partition coefficient (Wildman–Crippen LogP) is 5.37. The van der Waals surface area contributed by atoms with Crippen molar-refractivity contribution >= 4 is 96.5 Å². The van der Waals surface area contributed by atoms with Crippen molar-refractivity contribution in [3.8, 4) is 0 Å². The van der Waals surface area contributed by atoms with Crippen molar-refractivity contribution < 1.29 is 190 Å². The zero-order valence-corrected chi connectivity index (χ0v) is 80.7. The topological polar surface area (TPSA) is 521 Å².